The Morgan fingerprint density at radius 1 is 1.44 bits per heavy atom. The molecule has 1 heterocycles. The fourth-order valence-electron chi connectivity index (χ4n) is 1.84. The highest BCUT2D eigenvalue weighted by molar-refractivity contribution is 5.79. The summed E-state index contributed by atoms with van der Waals surface area (Å²) in [6, 6.07) is 6.60. The summed E-state index contributed by atoms with van der Waals surface area (Å²) in [5, 5.41) is 0.718. The minimum Gasteiger partial charge on any atom is -0.461 e. The van der Waals surface area contributed by atoms with E-state index in [4.69, 9.17) is 4.74 Å². The smallest absolute Gasteiger partial charge is 0.309 e. The van der Waals surface area contributed by atoms with Gasteiger partial charge in [0.1, 0.15) is 17.9 Å². The van der Waals surface area contributed by atoms with Crippen molar-refractivity contribution in [1.82, 2.24) is 4.98 Å². The number of rotatable bonds is 3. The molecule has 18 heavy (non-hydrogen) atoms. The van der Waals surface area contributed by atoms with Crippen molar-refractivity contribution in [3.63, 3.8) is 0 Å². The van der Waals surface area contributed by atoms with Gasteiger partial charge in [-0.05, 0) is 25.0 Å². The molecule has 0 aliphatic heterocycles. The van der Waals surface area contributed by atoms with Crippen molar-refractivity contribution in [3.05, 3.63) is 41.8 Å². The molecule has 1 aromatic carbocycles. The zero-order chi connectivity index (χ0) is 12.5. The summed E-state index contributed by atoms with van der Waals surface area (Å²) in [4.78, 5) is 15.4. The van der Waals surface area contributed by atoms with Gasteiger partial charge in [-0.3, -0.25) is 9.78 Å². The molecule has 4 heteroatoms. The van der Waals surface area contributed by atoms with Crippen molar-refractivity contribution in [2.75, 3.05) is 0 Å². The second-order valence-corrected chi connectivity index (χ2v) is 4.54. The summed E-state index contributed by atoms with van der Waals surface area (Å²) in [6.45, 7) is 0.203. The molecule has 0 bridgehead atoms. The molecule has 0 saturated heterocycles. The van der Waals surface area contributed by atoms with Crippen molar-refractivity contribution in [3.8, 4) is 0 Å². The standard InChI is InChI=1S/C14H12FNO2/c15-12-3-1-2-11-6-9(7-16-13(11)12)8-18-14(17)10-4-5-10/h1-3,6-7,10H,4-5,8H2. The van der Waals surface area contributed by atoms with Gasteiger partial charge in [-0.25, -0.2) is 4.39 Å². The van der Waals surface area contributed by atoms with Gasteiger partial charge in [-0.2, -0.15) is 0 Å². The van der Waals surface area contributed by atoms with Crippen molar-refractivity contribution >= 4 is 16.9 Å². The van der Waals surface area contributed by atoms with Gasteiger partial charge in [0.2, 0.25) is 0 Å². The molecule has 0 N–H and O–H groups in total. The molecule has 0 unspecified atom stereocenters. The lowest BCUT2D eigenvalue weighted by Crippen LogP contribution is -2.06. The summed E-state index contributed by atoms with van der Waals surface area (Å²) >= 11 is 0. The maximum atomic E-state index is 13.4. The van der Waals surface area contributed by atoms with Gasteiger partial charge in [0.15, 0.2) is 0 Å². The molecule has 0 amide bonds. The highest BCUT2D eigenvalue weighted by Crippen LogP contribution is 2.30. The van der Waals surface area contributed by atoms with E-state index in [0.29, 0.717) is 5.52 Å². The first kappa shape index (κ1) is 11.1. The molecule has 0 atom stereocenters. The largest absolute Gasteiger partial charge is 0.461 e. The number of hydrogen-bond acceptors (Lipinski definition) is 3. The first-order chi connectivity index (χ1) is 8.74. The highest BCUT2D eigenvalue weighted by Gasteiger charge is 2.31. The van der Waals surface area contributed by atoms with E-state index in [0.717, 1.165) is 23.8 Å². The second kappa shape index (κ2) is 4.37. The molecule has 2 aromatic rings. The number of aromatic nitrogens is 1. The Hall–Kier alpha value is -1.97. The van der Waals surface area contributed by atoms with E-state index in [9.17, 15) is 9.18 Å². The van der Waals surface area contributed by atoms with E-state index in [1.54, 1.807) is 24.4 Å². The minimum atomic E-state index is -0.339. The number of para-hydroxylation sites is 1. The molecule has 1 aliphatic carbocycles. The monoisotopic (exact) mass is 245 g/mol. The van der Waals surface area contributed by atoms with Crippen LogP contribution in [0.25, 0.3) is 10.9 Å². The third kappa shape index (κ3) is 2.18. The second-order valence-electron chi connectivity index (χ2n) is 4.54. The number of ether oxygens (including phenoxy) is 1. The topological polar surface area (TPSA) is 39.2 Å². The average molecular weight is 245 g/mol. The third-order valence-electron chi connectivity index (χ3n) is 3.01. The number of fused-ring (bicyclic) bond motifs is 1. The molecular weight excluding hydrogens is 233 g/mol. The summed E-state index contributed by atoms with van der Waals surface area (Å²) in [5.74, 6) is -0.390. The number of carbonyl (C=O) groups is 1. The lowest BCUT2D eigenvalue weighted by molar-refractivity contribution is -0.146. The lowest BCUT2D eigenvalue weighted by atomic mass is 10.1. The fourth-order valence-corrected chi connectivity index (χ4v) is 1.84. The van der Waals surface area contributed by atoms with Crippen LogP contribution in [0.3, 0.4) is 0 Å². The Bertz CT molecular complexity index is 608. The normalized spacial score (nSPS) is 14.7. The molecule has 3 nitrogen and oxygen atoms in total. The highest BCUT2D eigenvalue weighted by atomic mass is 19.1. The van der Waals surface area contributed by atoms with Crippen molar-refractivity contribution in [2.24, 2.45) is 5.92 Å². The van der Waals surface area contributed by atoms with E-state index >= 15 is 0 Å². The van der Waals surface area contributed by atoms with E-state index in [1.165, 1.54) is 6.07 Å². The van der Waals surface area contributed by atoms with Crippen LogP contribution < -0.4 is 0 Å². The number of esters is 1. The summed E-state index contributed by atoms with van der Waals surface area (Å²) in [5.41, 5.74) is 1.12. The Morgan fingerprint density at radius 3 is 3.06 bits per heavy atom. The zero-order valence-corrected chi connectivity index (χ0v) is 9.73. The quantitative estimate of drug-likeness (QED) is 0.780. The van der Waals surface area contributed by atoms with Gasteiger partial charge in [0, 0.05) is 17.1 Å². The van der Waals surface area contributed by atoms with Crippen LogP contribution in [0.5, 0.6) is 0 Å². The van der Waals surface area contributed by atoms with Crippen LogP contribution in [0.4, 0.5) is 4.39 Å². The zero-order valence-electron chi connectivity index (χ0n) is 9.73. The van der Waals surface area contributed by atoms with Gasteiger partial charge in [-0.15, -0.1) is 0 Å². The molecule has 92 valence electrons. The van der Waals surface area contributed by atoms with Crippen LogP contribution in [-0.2, 0) is 16.1 Å². The molecule has 1 fully saturated rings. The number of halogens is 1. The number of hydrogen-bond donors (Lipinski definition) is 0. The summed E-state index contributed by atoms with van der Waals surface area (Å²) < 4.78 is 18.6. The molecule has 1 saturated carbocycles. The predicted octanol–water partition coefficient (Wildman–Crippen LogP) is 2.83. The Balaban J connectivity index is 1.78. The third-order valence-corrected chi connectivity index (χ3v) is 3.01. The summed E-state index contributed by atoms with van der Waals surface area (Å²) in [6.07, 6.45) is 3.41. The van der Waals surface area contributed by atoms with Gasteiger partial charge in [-0.1, -0.05) is 12.1 Å². The molecule has 0 spiro atoms. The number of pyridine rings is 1. The average Bonchev–Trinajstić information content (AvgIpc) is 3.20. The number of carbonyl (C=O) groups excluding carboxylic acids is 1. The van der Waals surface area contributed by atoms with Crippen LogP contribution >= 0.6 is 0 Å². The lowest BCUT2D eigenvalue weighted by Gasteiger charge is -2.05. The van der Waals surface area contributed by atoms with E-state index in [-0.39, 0.29) is 24.3 Å². The van der Waals surface area contributed by atoms with Gasteiger partial charge in [0.05, 0.1) is 5.92 Å². The predicted molar refractivity (Wildman–Crippen MR) is 64.2 cm³/mol. The fraction of sp³-hybridized carbons (Fsp3) is 0.286. The van der Waals surface area contributed by atoms with Gasteiger partial charge >= 0.3 is 5.97 Å². The van der Waals surface area contributed by atoms with Gasteiger partial charge < -0.3 is 4.74 Å². The van der Waals surface area contributed by atoms with Crippen LogP contribution in [-0.4, -0.2) is 11.0 Å². The van der Waals surface area contributed by atoms with Gasteiger partial charge in [0.25, 0.3) is 0 Å². The van der Waals surface area contributed by atoms with E-state index < -0.39 is 0 Å². The van der Waals surface area contributed by atoms with E-state index in [2.05, 4.69) is 4.98 Å². The molecular formula is C14H12FNO2. The van der Waals surface area contributed by atoms with Crippen LogP contribution in [0.1, 0.15) is 18.4 Å². The SMILES string of the molecule is O=C(OCc1cnc2c(F)cccc2c1)C1CC1. The maximum absolute atomic E-state index is 13.4. The van der Waals surface area contributed by atoms with Crippen LogP contribution in [0.2, 0.25) is 0 Å². The van der Waals surface area contributed by atoms with Crippen LogP contribution in [0.15, 0.2) is 30.5 Å². The Morgan fingerprint density at radius 2 is 2.28 bits per heavy atom. The van der Waals surface area contributed by atoms with E-state index in [1.807, 2.05) is 0 Å². The Kier molecular flexibility index (Phi) is 2.70. The maximum Gasteiger partial charge on any atom is 0.309 e. The number of nitrogens with zero attached hydrogens (tertiary/aromatic N) is 1. The molecule has 3 rings (SSSR count). The molecule has 1 aliphatic rings. The Labute approximate surface area is 104 Å². The first-order valence-electron chi connectivity index (χ1n) is 5.94. The molecule has 0 radical (unpaired) electrons. The van der Waals surface area contributed by atoms with Crippen LogP contribution in [0, 0.1) is 11.7 Å². The minimum absolute atomic E-state index is 0.0934. The summed E-state index contributed by atoms with van der Waals surface area (Å²) in [7, 11) is 0. The van der Waals surface area contributed by atoms with Crippen molar-refractivity contribution in [1.29, 1.82) is 0 Å². The molecule has 1 aromatic heterocycles. The van der Waals surface area contributed by atoms with Crippen molar-refractivity contribution < 1.29 is 13.9 Å². The first-order valence-corrected chi connectivity index (χ1v) is 5.94. The van der Waals surface area contributed by atoms with Crippen molar-refractivity contribution in [2.45, 2.75) is 19.4 Å². The number of benzene rings is 1.